The normalized spacial score (nSPS) is 11.0. The third kappa shape index (κ3) is 3.89. The number of carbonyl (C=O) groups excluding carboxylic acids is 1. The van der Waals surface area contributed by atoms with Crippen molar-refractivity contribution >= 4 is 12.0 Å². The van der Waals surface area contributed by atoms with Gasteiger partial charge in [-0.1, -0.05) is 38.1 Å². The number of benzene rings is 1. The fourth-order valence-electron chi connectivity index (χ4n) is 1.32. The molecular weight excluding hydrogens is 200 g/mol. The van der Waals surface area contributed by atoms with Crippen molar-refractivity contribution in [1.29, 1.82) is 0 Å². The zero-order valence-electron chi connectivity index (χ0n) is 10.1. The number of carbonyl (C=O) groups is 1. The van der Waals surface area contributed by atoms with Crippen LogP contribution in [0, 0.1) is 5.92 Å². The maximum absolute atomic E-state index is 11.2. The average molecular weight is 218 g/mol. The smallest absolute Gasteiger partial charge is 0.337 e. The minimum Gasteiger partial charge on any atom is -0.465 e. The largest absolute Gasteiger partial charge is 0.465 e. The van der Waals surface area contributed by atoms with Crippen LogP contribution in [-0.2, 0) is 4.74 Å². The van der Waals surface area contributed by atoms with Crippen molar-refractivity contribution in [3.63, 3.8) is 0 Å². The van der Waals surface area contributed by atoms with Crippen LogP contribution < -0.4 is 0 Å². The van der Waals surface area contributed by atoms with E-state index in [1.807, 2.05) is 12.1 Å². The molecule has 1 rings (SSSR count). The monoisotopic (exact) mass is 218 g/mol. The first kappa shape index (κ1) is 12.5. The number of ether oxygens (including phenoxy) is 1. The summed E-state index contributed by atoms with van der Waals surface area (Å²) in [6.45, 7) is 4.37. The predicted molar refractivity (Wildman–Crippen MR) is 66.3 cm³/mol. The van der Waals surface area contributed by atoms with E-state index in [4.69, 9.17) is 0 Å². The van der Waals surface area contributed by atoms with Gasteiger partial charge in [0.25, 0.3) is 0 Å². The van der Waals surface area contributed by atoms with E-state index in [9.17, 15) is 4.79 Å². The third-order valence-corrected chi connectivity index (χ3v) is 2.25. The van der Waals surface area contributed by atoms with Gasteiger partial charge in [0.15, 0.2) is 0 Å². The van der Waals surface area contributed by atoms with Crippen LogP contribution in [0.3, 0.4) is 0 Å². The molecule has 0 bridgehead atoms. The molecular formula is C14H18O2. The van der Waals surface area contributed by atoms with Gasteiger partial charge in [-0.3, -0.25) is 0 Å². The summed E-state index contributed by atoms with van der Waals surface area (Å²) >= 11 is 0. The number of esters is 1. The van der Waals surface area contributed by atoms with Crippen molar-refractivity contribution in [3.8, 4) is 0 Å². The number of rotatable bonds is 4. The third-order valence-electron chi connectivity index (χ3n) is 2.25. The van der Waals surface area contributed by atoms with Crippen molar-refractivity contribution in [1.82, 2.24) is 0 Å². The molecule has 0 aromatic heterocycles. The van der Waals surface area contributed by atoms with E-state index in [0.29, 0.717) is 11.5 Å². The Bertz CT molecular complexity index is 361. The van der Waals surface area contributed by atoms with Gasteiger partial charge in [-0.05, 0) is 30.0 Å². The van der Waals surface area contributed by atoms with Gasteiger partial charge in [-0.25, -0.2) is 4.79 Å². The number of allylic oxidation sites excluding steroid dienone is 1. The molecule has 1 aromatic carbocycles. The lowest BCUT2D eigenvalue weighted by Gasteiger charge is -2.00. The quantitative estimate of drug-likeness (QED) is 0.723. The first-order valence-electron chi connectivity index (χ1n) is 5.48. The topological polar surface area (TPSA) is 26.3 Å². The van der Waals surface area contributed by atoms with E-state index in [-0.39, 0.29) is 5.97 Å². The minimum absolute atomic E-state index is 0.294. The second-order valence-corrected chi connectivity index (χ2v) is 4.15. The van der Waals surface area contributed by atoms with Crippen LogP contribution in [0.4, 0.5) is 0 Å². The van der Waals surface area contributed by atoms with Crippen molar-refractivity contribution < 1.29 is 9.53 Å². The highest BCUT2D eigenvalue weighted by molar-refractivity contribution is 5.89. The summed E-state index contributed by atoms with van der Waals surface area (Å²) in [4.78, 5) is 11.2. The molecule has 86 valence electrons. The molecule has 2 nitrogen and oxygen atoms in total. The molecule has 0 aliphatic heterocycles. The number of hydrogen-bond acceptors (Lipinski definition) is 2. The Hall–Kier alpha value is -1.57. The number of hydrogen-bond donors (Lipinski definition) is 0. The highest BCUT2D eigenvalue weighted by atomic mass is 16.5. The van der Waals surface area contributed by atoms with E-state index in [1.54, 1.807) is 12.1 Å². The van der Waals surface area contributed by atoms with Gasteiger partial charge in [0.05, 0.1) is 12.7 Å². The van der Waals surface area contributed by atoms with Crippen molar-refractivity contribution in [2.75, 3.05) is 7.11 Å². The Morgan fingerprint density at radius 3 is 2.44 bits per heavy atom. The molecule has 0 saturated heterocycles. The van der Waals surface area contributed by atoms with Crippen molar-refractivity contribution in [2.24, 2.45) is 5.92 Å². The minimum atomic E-state index is -0.294. The Kier molecular flexibility index (Phi) is 4.77. The Morgan fingerprint density at radius 1 is 1.31 bits per heavy atom. The van der Waals surface area contributed by atoms with E-state index in [2.05, 4.69) is 30.7 Å². The number of methoxy groups -OCH3 is 1. The summed E-state index contributed by atoms with van der Waals surface area (Å²) in [7, 11) is 1.39. The lowest BCUT2D eigenvalue weighted by atomic mass is 10.1. The van der Waals surface area contributed by atoms with Gasteiger partial charge in [0.2, 0.25) is 0 Å². The van der Waals surface area contributed by atoms with E-state index >= 15 is 0 Å². The van der Waals surface area contributed by atoms with E-state index < -0.39 is 0 Å². The van der Waals surface area contributed by atoms with Crippen LogP contribution in [0.2, 0.25) is 0 Å². The summed E-state index contributed by atoms with van der Waals surface area (Å²) in [6, 6.07) is 7.40. The van der Waals surface area contributed by atoms with Crippen molar-refractivity contribution in [3.05, 3.63) is 41.5 Å². The van der Waals surface area contributed by atoms with Gasteiger partial charge in [-0.2, -0.15) is 0 Å². The molecule has 0 aliphatic carbocycles. The first-order chi connectivity index (χ1) is 7.63. The molecule has 0 unspecified atom stereocenters. The molecule has 2 heteroatoms. The van der Waals surface area contributed by atoms with Crippen LogP contribution in [0.15, 0.2) is 30.3 Å². The molecule has 0 atom stereocenters. The molecule has 0 spiro atoms. The molecule has 16 heavy (non-hydrogen) atoms. The maximum atomic E-state index is 11.2. The predicted octanol–water partition coefficient (Wildman–Crippen LogP) is 3.53. The molecule has 0 saturated carbocycles. The summed E-state index contributed by atoms with van der Waals surface area (Å²) < 4.78 is 4.63. The van der Waals surface area contributed by atoms with E-state index in [0.717, 1.165) is 12.0 Å². The second kappa shape index (κ2) is 6.11. The second-order valence-electron chi connectivity index (χ2n) is 4.15. The molecule has 0 radical (unpaired) electrons. The Morgan fingerprint density at radius 2 is 1.94 bits per heavy atom. The lowest BCUT2D eigenvalue weighted by Crippen LogP contribution is -2.00. The summed E-state index contributed by atoms with van der Waals surface area (Å²) in [5, 5.41) is 0. The molecule has 0 fully saturated rings. The lowest BCUT2D eigenvalue weighted by molar-refractivity contribution is 0.0601. The molecule has 0 heterocycles. The molecule has 0 N–H and O–H groups in total. The van der Waals surface area contributed by atoms with Crippen LogP contribution in [0.5, 0.6) is 0 Å². The van der Waals surface area contributed by atoms with Crippen LogP contribution in [0.25, 0.3) is 6.08 Å². The summed E-state index contributed by atoms with van der Waals surface area (Å²) in [5.41, 5.74) is 1.69. The average Bonchev–Trinajstić information content (AvgIpc) is 2.28. The molecule has 0 aliphatic rings. The van der Waals surface area contributed by atoms with Crippen LogP contribution >= 0.6 is 0 Å². The van der Waals surface area contributed by atoms with Crippen LogP contribution in [0.1, 0.15) is 36.2 Å². The first-order valence-corrected chi connectivity index (χ1v) is 5.48. The zero-order chi connectivity index (χ0) is 12.0. The standard InChI is InChI=1S/C14H18O2/c1-11(2)5-4-6-12-7-9-13(10-8-12)14(15)16-3/h4,6-11H,5H2,1-3H3. The van der Waals surface area contributed by atoms with Gasteiger partial charge < -0.3 is 4.74 Å². The molecule has 1 aromatic rings. The van der Waals surface area contributed by atoms with E-state index in [1.165, 1.54) is 7.11 Å². The Balaban J connectivity index is 2.64. The van der Waals surface area contributed by atoms with Gasteiger partial charge in [0, 0.05) is 0 Å². The van der Waals surface area contributed by atoms with Gasteiger partial charge >= 0.3 is 5.97 Å². The van der Waals surface area contributed by atoms with Gasteiger partial charge in [-0.15, -0.1) is 0 Å². The SMILES string of the molecule is COC(=O)c1ccc(C=CCC(C)C)cc1. The van der Waals surface area contributed by atoms with Gasteiger partial charge in [0.1, 0.15) is 0 Å². The fourth-order valence-corrected chi connectivity index (χ4v) is 1.32. The van der Waals surface area contributed by atoms with Crippen LogP contribution in [-0.4, -0.2) is 13.1 Å². The Labute approximate surface area is 96.9 Å². The summed E-state index contributed by atoms with van der Waals surface area (Å²) in [6.07, 6.45) is 5.29. The highest BCUT2D eigenvalue weighted by Gasteiger charge is 2.02. The zero-order valence-corrected chi connectivity index (χ0v) is 10.1. The maximum Gasteiger partial charge on any atom is 0.337 e. The van der Waals surface area contributed by atoms with Crippen molar-refractivity contribution in [2.45, 2.75) is 20.3 Å². The summed E-state index contributed by atoms with van der Waals surface area (Å²) in [5.74, 6) is 0.378. The fraction of sp³-hybridized carbons (Fsp3) is 0.357. The molecule has 0 amide bonds. The highest BCUT2D eigenvalue weighted by Crippen LogP contribution is 2.09.